The second-order valence-corrected chi connectivity index (χ2v) is 7.57. The molecule has 0 aliphatic rings. The summed E-state index contributed by atoms with van der Waals surface area (Å²) in [5.74, 6) is 0.107. The van der Waals surface area contributed by atoms with Crippen molar-refractivity contribution in [3.63, 3.8) is 0 Å². The van der Waals surface area contributed by atoms with Gasteiger partial charge in [-0.05, 0) is 42.2 Å². The summed E-state index contributed by atoms with van der Waals surface area (Å²) in [6.07, 6.45) is 3.27. The molecule has 0 aliphatic carbocycles. The minimum absolute atomic E-state index is 0.107. The van der Waals surface area contributed by atoms with E-state index in [1.54, 1.807) is 0 Å². The van der Waals surface area contributed by atoms with Gasteiger partial charge < -0.3 is 5.32 Å². The summed E-state index contributed by atoms with van der Waals surface area (Å²) in [4.78, 5) is 13.0. The Morgan fingerprint density at radius 1 is 0.931 bits per heavy atom. The zero-order valence-corrected chi connectivity index (χ0v) is 17.4. The van der Waals surface area contributed by atoms with Gasteiger partial charge in [0, 0.05) is 29.6 Å². The molecular formula is C26H26ClNO. The van der Waals surface area contributed by atoms with Crippen molar-refractivity contribution in [2.45, 2.75) is 25.8 Å². The second-order valence-electron chi connectivity index (χ2n) is 7.16. The van der Waals surface area contributed by atoms with E-state index in [9.17, 15) is 4.79 Å². The van der Waals surface area contributed by atoms with E-state index in [-0.39, 0.29) is 5.78 Å². The molecule has 3 aromatic rings. The number of hydrogen-bond donors (Lipinski definition) is 1. The van der Waals surface area contributed by atoms with Crippen LogP contribution in [0.2, 0.25) is 5.02 Å². The number of benzene rings is 3. The topological polar surface area (TPSA) is 29.1 Å². The van der Waals surface area contributed by atoms with Gasteiger partial charge in [0.15, 0.2) is 5.78 Å². The summed E-state index contributed by atoms with van der Waals surface area (Å²) in [6.45, 7) is 2.79. The van der Waals surface area contributed by atoms with Gasteiger partial charge in [-0.25, -0.2) is 0 Å². The summed E-state index contributed by atoms with van der Waals surface area (Å²) >= 11 is 6.32. The minimum atomic E-state index is 0.107. The van der Waals surface area contributed by atoms with Crippen molar-refractivity contribution in [1.82, 2.24) is 5.32 Å². The normalized spacial score (nSPS) is 12.6. The molecule has 0 radical (unpaired) electrons. The van der Waals surface area contributed by atoms with E-state index in [4.69, 9.17) is 11.6 Å². The van der Waals surface area contributed by atoms with Gasteiger partial charge in [-0.1, -0.05) is 90.5 Å². The maximum Gasteiger partial charge on any atom is 0.164 e. The molecule has 0 saturated heterocycles. The summed E-state index contributed by atoms with van der Waals surface area (Å²) < 4.78 is 0. The molecule has 3 aromatic carbocycles. The van der Waals surface area contributed by atoms with Crippen molar-refractivity contribution in [1.29, 1.82) is 0 Å². The molecule has 0 heterocycles. The monoisotopic (exact) mass is 403 g/mol. The lowest BCUT2D eigenvalue weighted by atomic mass is 9.97. The standard InChI is InChI=1S/C26H26ClNO/c1-20(18-21-10-4-2-5-11-21)28-17-16-26(29)24(22-12-6-3-7-13-22)19-23-14-8-9-15-25(23)27/h2-15,19-20,28H,16-18H2,1H3/b24-19+. The molecule has 3 rings (SSSR count). The van der Waals surface area contributed by atoms with Crippen LogP contribution in [-0.2, 0) is 11.2 Å². The van der Waals surface area contributed by atoms with E-state index in [0.29, 0.717) is 29.6 Å². The fourth-order valence-corrected chi connectivity index (χ4v) is 3.49. The smallest absolute Gasteiger partial charge is 0.164 e. The molecule has 0 fully saturated rings. The van der Waals surface area contributed by atoms with Crippen molar-refractivity contribution in [3.05, 3.63) is 107 Å². The van der Waals surface area contributed by atoms with Gasteiger partial charge in [-0.3, -0.25) is 4.79 Å². The molecule has 0 spiro atoms. The molecule has 1 N–H and O–H groups in total. The zero-order chi connectivity index (χ0) is 20.5. The van der Waals surface area contributed by atoms with E-state index in [2.05, 4.69) is 36.5 Å². The number of halogens is 1. The Labute approximate surface area is 178 Å². The summed E-state index contributed by atoms with van der Waals surface area (Å²) in [5.41, 5.74) is 3.75. The largest absolute Gasteiger partial charge is 0.313 e. The minimum Gasteiger partial charge on any atom is -0.313 e. The van der Waals surface area contributed by atoms with Crippen molar-refractivity contribution in [3.8, 4) is 0 Å². The van der Waals surface area contributed by atoms with Crippen LogP contribution in [-0.4, -0.2) is 18.4 Å². The Balaban J connectivity index is 1.67. The number of nitrogens with one attached hydrogen (secondary N) is 1. The highest BCUT2D eigenvalue weighted by atomic mass is 35.5. The fraction of sp³-hybridized carbons (Fsp3) is 0.192. The van der Waals surface area contributed by atoms with Crippen molar-refractivity contribution >= 4 is 29.0 Å². The van der Waals surface area contributed by atoms with E-state index < -0.39 is 0 Å². The maximum absolute atomic E-state index is 13.0. The predicted molar refractivity (Wildman–Crippen MR) is 123 cm³/mol. The van der Waals surface area contributed by atoms with E-state index in [1.807, 2.05) is 66.7 Å². The van der Waals surface area contributed by atoms with Gasteiger partial charge in [0.05, 0.1) is 0 Å². The number of carbonyl (C=O) groups excluding carboxylic acids is 1. The van der Waals surface area contributed by atoms with Crippen molar-refractivity contribution in [2.24, 2.45) is 0 Å². The molecular weight excluding hydrogens is 378 g/mol. The number of carbonyl (C=O) groups is 1. The Hall–Kier alpha value is -2.68. The van der Waals surface area contributed by atoms with E-state index >= 15 is 0 Å². The van der Waals surface area contributed by atoms with Crippen LogP contribution in [0, 0.1) is 0 Å². The number of hydrogen-bond acceptors (Lipinski definition) is 2. The van der Waals surface area contributed by atoms with E-state index in [0.717, 1.165) is 17.5 Å². The molecule has 0 amide bonds. The van der Waals surface area contributed by atoms with Crippen molar-refractivity contribution in [2.75, 3.05) is 6.54 Å². The average molecular weight is 404 g/mol. The van der Waals surface area contributed by atoms with Crippen LogP contribution in [0.5, 0.6) is 0 Å². The first-order chi connectivity index (χ1) is 14.1. The van der Waals surface area contributed by atoms with E-state index in [1.165, 1.54) is 5.56 Å². The van der Waals surface area contributed by atoms with Crippen LogP contribution < -0.4 is 5.32 Å². The van der Waals surface area contributed by atoms with Gasteiger partial charge in [-0.15, -0.1) is 0 Å². The lowest BCUT2D eigenvalue weighted by Crippen LogP contribution is -2.30. The first-order valence-electron chi connectivity index (χ1n) is 9.95. The molecule has 1 atom stereocenters. The quantitative estimate of drug-likeness (QED) is 0.347. The van der Waals surface area contributed by atoms with Crippen LogP contribution >= 0.6 is 11.6 Å². The second kappa shape index (κ2) is 10.8. The highest BCUT2D eigenvalue weighted by molar-refractivity contribution is 6.33. The molecule has 2 nitrogen and oxygen atoms in total. The molecule has 0 bridgehead atoms. The van der Waals surface area contributed by atoms with Gasteiger partial charge in [0.2, 0.25) is 0 Å². The molecule has 3 heteroatoms. The summed E-state index contributed by atoms with van der Waals surface area (Å²) in [7, 11) is 0. The highest BCUT2D eigenvalue weighted by Gasteiger charge is 2.13. The first-order valence-corrected chi connectivity index (χ1v) is 10.3. The fourth-order valence-electron chi connectivity index (χ4n) is 3.30. The lowest BCUT2D eigenvalue weighted by Gasteiger charge is -2.14. The Bertz CT molecular complexity index is 951. The predicted octanol–water partition coefficient (Wildman–Crippen LogP) is 6.06. The third kappa shape index (κ3) is 6.42. The molecule has 0 saturated carbocycles. The molecule has 0 aromatic heterocycles. The van der Waals surface area contributed by atoms with Gasteiger partial charge in [-0.2, -0.15) is 0 Å². The maximum atomic E-state index is 13.0. The van der Waals surface area contributed by atoms with Crippen LogP contribution in [0.4, 0.5) is 0 Å². The molecule has 29 heavy (non-hydrogen) atoms. The van der Waals surface area contributed by atoms with Crippen LogP contribution in [0.15, 0.2) is 84.9 Å². The SMILES string of the molecule is CC(Cc1ccccc1)NCCC(=O)/C(=C/c1ccccc1Cl)c1ccccc1. The van der Waals surface area contributed by atoms with Crippen LogP contribution in [0.25, 0.3) is 11.6 Å². The van der Waals surface area contributed by atoms with Gasteiger partial charge >= 0.3 is 0 Å². The summed E-state index contributed by atoms with van der Waals surface area (Å²) in [5, 5.41) is 4.11. The number of allylic oxidation sites excluding steroid dienone is 1. The average Bonchev–Trinajstić information content (AvgIpc) is 2.74. The Kier molecular flexibility index (Phi) is 7.80. The van der Waals surface area contributed by atoms with Crippen molar-refractivity contribution < 1.29 is 4.79 Å². The van der Waals surface area contributed by atoms with Crippen LogP contribution in [0.1, 0.15) is 30.0 Å². The third-order valence-electron chi connectivity index (χ3n) is 4.82. The lowest BCUT2D eigenvalue weighted by molar-refractivity contribution is -0.113. The first kappa shape index (κ1) is 21.0. The van der Waals surface area contributed by atoms with Gasteiger partial charge in [0.25, 0.3) is 0 Å². The highest BCUT2D eigenvalue weighted by Crippen LogP contribution is 2.24. The molecule has 1 unspecified atom stereocenters. The molecule has 0 aliphatic heterocycles. The zero-order valence-electron chi connectivity index (χ0n) is 16.6. The number of ketones is 1. The van der Waals surface area contributed by atoms with Gasteiger partial charge in [0.1, 0.15) is 0 Å². The Morgan fingerprint density at radius 3 is 2.24 bits per heavy atom. The molecule has 148 valence electrons. The third-order valence-corrected chi connectivity index (χ3v) is 5.16. The van der Waals surface area contributed by atoms with Crippen LogP contribution in [0.3, 0.4) is 0 Å². The summed E-state index contributed by atoms with van der Waals surface area (Å²) in [6, 6.07) is 28.1. The number of Topliss-reactive ketones (excluding diaryl/α,β-unsaturated/α-hetero) is 1. The Morgan fingerprint density at radius 2 is 1.55 bits per heavy atom. The number of rotatable bonds is 9.